The number of ether oxygens (including phenoxy) is 1. The number of aryl methyl sites for hydroxylation is 1. The number of allylic oxidation sites excluding steroid dienone is 1. The van der Waals surface area contributed by atoms with Crippen molar-refractivity contribution in [2.75, 3.05) is 18.2 Å². The van der Waals surface area contributed by atoms with Gasteiger partial charge < -0.3 is 19.9 Å². The van der Waals surface area contributed by atoms with E-state index in [4.69, 9.17) is 16.3 Å². The molecule has 0 bridgehead atoms. The fourth-order valence-corrected chi connectivity index (χ4v) is 4.09. The summed E-state index contributed by atoms with van der Waals surface area (Å²) in [4.78, 5) is 25.1. The van der Waals surface area contributed by atoms with Crippen LogP contribution >= 0.6 is 23.4 Å². The van der Waals surface area contributed by atoms with Crippen LogP contribution in [0, 0.1) is 6.92 Å². The van der Waals surface area contributed by atoms with Crippen LogP contribution in [0.2, 0.25) is 5.02 Å². The maximum Gasteiger partial charge on any atom is 0.251 e. The van der Waals surface area contributed by atoms with Crippen molar-refractivity contribution in [3.63, 3.8) is 0 Å². The number of hydrogen-bond acceptors (Lipinski definition) is 6. The molecule has 2 N–H and O–H groups in total. The molecule has 1 aromatic heterocycles. The summed E-state index contributed by atoms with van der Waals surface area (Å²) < 4.78 is 6.96. The molecule has 10 heteroatoms. The lowest BCUT2D eigenvalue weighted by Gasteiger charge is -2.15. The Bertz CT molecular complexity index is 1180. The van der Waals surface area contributed by atoms with Crippen molar-refractivity contribution in [3.8, 4) is 5.75 Å². The molecule has 8 nitrogen and oxygen atoms in total. The minimum Gasteiger partial charge on any atom is -0.497 e. The number of thioether (sulfide) groups is 1. The summed E-state index contributed by atoms with van der Waals surface area (Å²) in [6, 6.07) is 11.8. The number of carbonyl (C=O) groups excluding carboxylic acids is 2. The zero-order valence-corrected chi connectivity index (χ0v) is 20.7. The molecule has 0 fully saturated rings. The highest BCUT2D eigenvalue weighted by atomic mass is 35.5. The molecule has 0 spiro atoms. The summed E-state index contributed by atoms with van der Waals surface area (Å²) >= 11 is 7.28. The molecule has 34 heavy (non-hydrogen) atoms. The van der Waals surface area contributed by atoms with Crippen LogP contribution in [0.5, 0.6) is 5.75 Å². The third-order valence-corrected chi connectivity index (χ3v) is 6.15. The molecule has 3 rings (SSSR count). The Balaban J connectivity index is 1.66. The first-order chi connectivity index (χ1) is 16.3. The average molecular weight is 500 g/mol. The molecule has 0 aliphatic carbocycles. The van der Waals surface area contributed by atoms with Gasteiger partial charge in [0.05, 0.1) is 18.9 Å². The van der Waals surface area contributed by atoms with E-state index in [9.17, 15) is 9.59 Å². The molecule has 0 aliphatic rings. The Hall–Kier alpha value is -3.30. The van der Waals surface area contributed by atoms with E-state index in [2.05, 4.69) is 27.4 Å². The first-order valence-corrected chi connectivity index (χ1v) is 11.9. The SMILES string of the molecule is C=CCn1c(SCC(=O)Nc2cc(Cl)ccc2C)nnc1C(C)NC(=O)c1ccc(OC)cc1. The number of halogens is 1. The topological polar surface area (TPSA) is 98.1 Å². The van der Waals surface area contributed by atoms with Gasteiger partial charge in [-0.1, -0.05) is 35.5 Å². The van der Waals surface area contributed by atoms with Gasteiger partial charge in [-0.3, -0.25) is 9.59 Å². The van der Waals surface area contributed by atoms with E-state index in [1.165, 1.54) is 11.8 Å². The van der Waals surface area contributed by atoms with Crippen LogP contribution in [0.25, 0.3) is 0 Å². The summed E-state index contributed by atoms with van der Waals surface area (Å²) in [6.45, 7) is 7.95. The Morgan fingerprint density at radius 1 is 1.24 bits per heavy atom. The second kappa shape index (κ2) is 11.7. The van der Waals surface area contributed by atoms with Crippen molar-refractivity contribution in [1.82, 2.24) is 20.1 Å². The number of hydrogen-bond donors (Lipinski definition) is 2. The van der Waals surface area contributed by atoms with Crippen molar-refractivity contribution >= 4 is 40.9 Å². The average Bonchev–Trinajstić information content (AvgIpc) is 3.23. The van der Waals surface area contributed by atoms with Crippen molar-refractivity contribution in [1.29, 1.82) is 0 Å². The van der Waals surface area contributed by atoms with E-state index < -0.39 is 6.04 Å². The van der Waals surface area contributed by atoms with Crippen LogP contribution in [-0.2, 0) is 11.3 Å². The molecular formula is C24H26ClN5O3S. The van der Waals surface area contributed by atoms with E-state index in [-0.39, 0.29) is 17.6 Å². The number of rotatable bonds is 10. The summed E-state index contributed by atoms with van der Waals surface area (Å²) in [5.74, 6) is 0.940. The van der Waals surface area contributed by atoms with Crippen LogP contribution < -0.4 is 15.4 Å². The predicted octanol–water partition coefficient (Wildman–Crippen LogP) is 4.66. The minimum atomic E-state index is -0.417. The maximum atomic E-state index is 12.6. The smallest absolute Gasteiger partial charge is 0.251 e. The Morgan fingerprint density at radius 3 is 2.65 bits per heavy atom. The van der Waals surface area contributed by atoms with Crippen LogP contribution in [0.1, 0.15) is 34.7 Å². The summed E-state index contributed by atoms with van der Waals surface area (Å²) in [7, 11) is 1.57. The number of benzene rings is 2. The molecule has 0 saturated carbocycles. The Labute approximate surface area is 207 Å². The fraction of sp³-hybridized carbons (Fsp3) is 0.250. The van der Waals surface area contributed by atoms with Gasteiger partial charge in [-0.2, -0.15) is 0 Å². The maximum absolute atomic E-state index is 12.6. The van der Waals surface area contributed by atoms with Crippen LogP contribution in [-0.4, -0.2) is 39.4 Å². The number of carbonyl (C=O) groups is 2. The van der Waals surface area contributed by atoms with Crippen LogP contribution in [0.15, 0.2) is 60.3 Å². The second-order valence-corrected chi connectivity index (χ2v) is 8.84. The quantitative estimate of drug-likeness (QED) is 0.311. The number of methoxy groups -OCH3 is 1. The van der Waals surface area contributed by atoms with Gasteiger partial charge in [-0.25, -0.2) is 0 Å². The van der Waals surface area contributed by atoms with Crippen molar-refractivity contribution in [3.05, 3.63) is 77.1 Å². The summed E-state index contributed by atoms with van der Waals surface area (Å²) in [6.07, 6.45) is 1.71. The van der Waals surface area contributed by atoms with Gasteiger partial charge in [-0.15, -0.1) is 16.8 Å². The summed E-state index contributed by atoms with van der Waals surface area (Å²) in [5, 5.41) is 15.4. The van der Waals surface area contributed by atoms with Gasteiger partial charge in [0.15, 0.2) is 11.0 Å². The lowest BCUT2D eigenvalue weighted by atomic mass is 10.2. The third-order valence-electron chi connectivity index (χ3n) is 4.95. The highest BCUT2D eigenvalue weighted by Gasteiger charge is 2.20. The molecular weight excluding hydrogens is 474 g/mol. The number of aromatic nitrogens is 3. The van der Waals surface area contributed by atoms with Gasteiger partial charge in [0, 0.05) is 22.8 Å². The van der Waals surface area contributed by atoms with Crippen LogP contribution in [0.4, 0.5) is 5.69 Å². The lowest BCUT2D eigenvalue weighted by molar-refractivity contribution is -0.113. The number of nitrogens with zero attached hydrogens (tertiary/aromatic N) is 3. The van der Waals surface area contributed by atoms with E-state index in [1.807, 2.05) is 24.5 Å². The van der Waals surface area contributed by atoms with Crippen molar-refractivity contribution in [2.45, 2.75) is 31.6 Å². The van der Waals surface area contributed by atoms with Gasteiger partial charge >= 0.3 is 0 Å². The van der Waals surface area contributed by atoms with Gasteiger partial charge in [0.25, 0.3) is 5.91 Å². The molecule has 2 amide bonds. The number of amides is 2. The van der Waals surface area contributed by atoms with Gasteiger partial charge in [0.1, 0.15) is 5.75 Å². The highest BCUT2D eigenvalue weighted by Crippen LogP contribution is 2.23. The molecule has 2 aromatic carbocycles. The first-order valence-electron chi connectivity index (χ1n) is 10.5. The zero-order chi connectivity index (χ0) is 24.7. The Kier molecular flexibility index (Phi) is 8.72. The molecule has 0 radical (unpaired) electrons. The highest BCUT2D eigenvalue weighted by molar-refractivity contribution is 7.99. The van der Waals surface area contributed by atoms with E-state index >= 15 is 0 Å². The van der Waals surface area contributed by atoms with Gasteiger partial charge in [0.2, 0.25) is 5.91 Å². The fourth-order valence-electron chi connectivity index (χ4n) is 3.16. The van der Waals surface area contributed by atoms with E-state index in [0.717, 1.165) is 5.56 Å². The van der Waals surface area contributed by atoms with Crippen molar-refractivity contribution < 1.29 is 14.3 Å². The van der Waals surface area contributed by atoms with E-state index in [1.54, 1.807) is 49.6 Å². The molecule has 1 atom stereocenters. The largest absolute Gasteiger partial charge is 0.497 e. The van der Waals surface area contributed by atoms with Crippen molar-refractivity contribution in [2.24, 2.45) is 0 Å². The minimum absolute atomic E-state index is 0.133. The van der Waals surface area contributed by atoms with Crippen LogP contribution in [0.3, 0.4) is 0 Å². The molecule has 0 saturated heterocycles. The Morgan fingerprint density at radius 2 is 1.97 bits per heavy atom. The molecule has 3 aromatic rings. The predicted molar refractivity (Wildman–Crippen MR) is 135 cm³/mol. The molecule has 178 valence electrons. The molecule has 1 heterocycles. The first kappa shape index (κ1) is 25.3. The third kappa shape index (κ3) is 6.39. The monoisotopic (exact) mass is 499 g/mol. The summed E-state index contributed by atoms with van der Waals surface area (Å²) in [5.41, 5.74) is 2.09. The van der Waals surface area contributed by atoms with Gasteiger partial charge in [-0.05, 0) is 55.8 Å². The van der Waals surface area contributed by atoms with E-state index in [0.29, 0.717) is 39.5 Å². The molecule has 1 unspecified atom stereocenters. The second-order valence-electron chi connectivity index (χ2n) is 7.46. The number of nitrogens with one attached hydrogen (secondary N) is 2. The zero-order valence-electron chi connectivity index (χ0n) is 19.2. The number of anilines is 1. The molecule has 0 aliphatic heterocycles. The standard InChI is InChI=1S/C24H26ClN5O3S/c1-5-12-30-22(16(3)26-23(32)17-7-10-19(33-4)11-8-17)28-29-24(30)34-14-21(31)27-20-13-18(25)9-6-15(20)2/h5-11,13,16H,1,12,14H2,2-4H3,(H,26,32)(H,27,31). The normalized spacial score (nSPS) is 11.5. The lowest BCUT2D eigenvalue weighted by Crippen LogP contribution is -2.28.